The van der Waals surface area contributed by atoms with Crippen LogP contribution in [0.4, 0.5) is 0 Å². The Hall–Kier alpha value is -0.870. The lowest BCUT2D eigenvalue weighted by atomic mass is 9.95. The van der Waals surface area contributed by atoms with Crippen molar-refractivity contribution in [2.24, 2.45) is 0 Å². The highest BCUT2D eigenvalue weighted by atomic mass is 32.2. The number of carbonyl (C=O) groups excluding carboxylic acids is 1. The third-order valence-corrected chi connectivity index (χ3v) is 5.16. The van der Waals surface area contributed by atoms with Crippen LogP contribution in [0.25, 0.3) is 0 Å². The van der Waals surface area contributed by atoms with Gasteiger partial charge in [0.1, 0.15) is 5.25 Å². The lowest BCUT2D eigenvalue weighted by Gasteiger charge is -2.24. The molecule has 0 amide bonds. The molecule has 1 aromatic rings. The molecular formula is C14H16O2S2. The Bertz CT molecular complexity index is 417. The minimum absolute atomic E-state index is 0.0939. The molecule has 2 nitrogen and oxygen atoms in total. The minimum atomic E-state index is -0.144. The van der Waals surface area contributed by atoms with Gasteiger partial charge in [0.2, 0.25) is 0 Å². The van der Waals surface area contributed by atoms with Crippen molar-refractivity contribution >= 4 is 29.5 Å². The Morgan fingerprint density at radius 3 is 2.78 bits per heavy atom. The second kappa shape index (κ2) is 6.90. The maximum atomic E-state index is 11.9. The fraction of sp³-hybridized carbons (Fsp3) is 0.357. The molecule has 0 fully saturated rings. The summed E-state index contributed by atoms with van der Waals surface area (Å²) in [5, 5.41) is 1.96. The maximum absolute atomic E-state index is 11.9. The molecule has 1 aromatic carbocycles. The van der Waals surface area contributed by atoms with Crippen molar-refractivity contribution in [3.8, 4) is 0 Å². The average Bonchev–Trinajstić information content (AvgIpc) is 2.39. The summed E-state index contributed by atoms with van der Waals surface area (Å²) >= 11 is 3.48. The summed E-state index contributed by atoms with van der Waals surface area (Å²) in [7, 11) is 1.46. The Morgan fingerprint density at radius 2 is 2.06 bits per heavy atom. The molecule has 0 saturated heterocycles. The van der Waals surface area contributed by atoms with Crippen LogP contribution in [0.3, 0.4) is 0 Å². The summed E-state index contributed by atoms with van der Waals surface area (Å²) < 4.78 is 4.94. The van der Waals surface area contributed by atoms with Crippen molar-refractivity contribution < 1.29 is 9.53 Å². The van der Waals surface area contributed by atoms with Crippen LogP contribution in [0, 0.1) is 0 Å². The summed E-state index contributed by atoms with van der Waals surface area (Å²) in [6.07, 6.45) is 2.12. The van der Waals surface area contributed by atoms with E-state index in [-0.39, 0.29) is 17.1 Å². The molecule has 0 aliphatic carbocycles. The molecule has 0 bridgehead atoms. The molecule has 0 spiro atoms. The summed E-state index contributed by atoms with van der Waals surface area (Å²) in [5.41, 5.74) is 1.17. The van der Waals surface area contributed by atoms with Crippen LogP contribution in [-0.2, 0) is 9.53 Å². The number of carbonyl (C=O) groups is 1. The third kappa shape index (κ3) is 3.33. The predicted molar refractivity (Wildman–Crippen MR) is 79.0 cm³/mol. The quantitative estimate of drug-likeness (QED) is 0.776. The van der Waals surface area contributed by atoms with Gasteiger partial charge in [-0.25, -0.2) is 0 Å². The molecule has 1 aliphatic rings. The maximum Gasteiger partial charge on any atom is 0.319 e. The minimum Gasteiger partial charge on any atom is -0.468 e. The monoisotopic (exact) mass is 280 g/mol. The van der Waals surface area contributed by atoms with Crippen LogP contribution < -0.4 is 0 Å². The Morgan fingerprint density at radius 1 is 1.28 bits per heavy atom. The zero-order valence-electron chi connectivity index (χ0n) is 10.2. The number of benzene rings is 1. The molecule has 2 atom stereocenters. The summed E-state index contributed by atoms with van der Waals surface area (Å²) in [6.45, 7) is 0. The number of rotatable bonds is 2. The molecule has 1 aliphatic heterocycles. The molecule has 0 saturated carbocycles. The first-order valence-corrected chi connectivity index (χ1v) is 7.95. The first-order chi connectivity index (χ1) is 8.83. The van der Waals surface area contributed by atoms with Crippen molar-refractivity contribution in [1.29, 1.82) is 0 Å². The zero-order valence-corrected chi connectivity index (χ0v) is 11.9. The van der Waals surface area contributed by atoms with Crippen molar-refractivity contribution in [2.75, 3.05) is 18.6 Å². The van der Waals surface area contributed by atoms with Crippen LogP contribution in [-0.4, -0.2) is 29.8 Å². The van der Waals surface area contributed by atoms with Gasteiger partial charge in [-0.1, -0.05) is 36.4 Å². The molecular weight excluding hydrogens is 264 g/mol. The van der Waals surface area contributed by atoms with Gasteiger partial charge in [0.25, 0.3) is 0 Å². The first-order valence-electron chi connectivity index (χ1n) is 5.85. The Kier molecular flexibility index (Phi) is 5.20. The number of thioether (sulfide) groups is 2. The highest BCUT2D eigenvalue weighted by Crippen LogP contribution is 2.34. The standard InChI is InChI=1S/C14H16O2S2/c1-16-14(15)13-12(7-8-17-9-10-18-13)11-5-3-2-4-6-11/h2-8,12-13H,9-10H2,1H3/b8-7-/t12-,13-/m0/s1. The molecule has 1 heterocycles. The first kappa shape index (κ1) is 13.6. The smallest absolute Gasteiger partial charge is 0.319 e. The van der Waals surface area contributed by atoms with Gasteiger partial charge in [0, 0.05) is 17.4 Å². The zero-order chi connectivity index (χ0) is 12.8. The van der Waals surface area contributed by atoms with Crippen molar-refractivity contribution in [3.63, 3.8) is 0 Å². The van der Waals surface area contributed by atoms with Crippen LogP contribution in [0.5, 0.6) is 0 Å². The van der Waals surface area contributed by atoms with Gasteiger partial charge in [-0.15, -0.1) is 23.5 Å². The number of ether oxygens (including phenoxy) is 1. The summed E-state index contributed by atoms with van der Waals surface area (Å²) in [6, 6.07) is 10.1. The van der Waals surface area contributed by atoms with Gasteiger partial charge in [-0.05, 0) is 11.0 Å². The van der Waals surface area contributed by atoms with E-state index in [4.69, 9.17) is 4.74 Å². The second-order valence-electron chi connectivity index (χ2n) is 3.95. The fourth-order valence-corrected chi connectivity index (χ4v) is 4.06. The van der Waals surface area contributed by atoms with Gasteiger partial charge < -0.3 is 4.74 Å². The molecule has 96 valence electrons. The Labute approximate surface area is 116 Å². The van der Waals surface area contributed by atoms with E-state index < -0.39 is 0 Å². The van der Waals surface area contributed by atoms with Crippen LogP contribution in [0.2, 0.25) is 0 Å². The van der Waals surface area contributed by atoms with Crippen LogP contribution >= 0.6 is 23.5 Å². The largest absolute Gasteiger partial charge is 0.468 e. The van der Waals surface area contributed by atoms with Crippen molar-refractivity contribution in [2.45, 2.75) is 11.2 Å². The predicted octanol–water partition coefficient (Wildman–Crippen LogP) is 3.31. The van der Waals surface area contributed by atoms with E-state index in [0.29, 0.717) is 0 Å². The molecule has 0 unspecified atom stereocenters. The summed E-state index contributed by atoms with van der Waals surface area (Å²) in [4.78, 5) is 11.9. The van der Waals surface area contributed by atoms with E-state index in [2.05, 4.69) is 23.6 Å². The van der Waals surface area contributed by atoms with Crippen molar-refractivity contribution in [3.05, 3.63) is 47.4 Å². The molecule has 0 N–H and O–H groups in total. The SMILES string of the molecule is COC(=O)[C@H]1SCCS/C=C\[C@H]1c1ccccc1. The average molecular weight is 280 g/mol. The molecule has 0 radical (unpaired) electrons. The van der Waals surface area contributed by atoms with E-state index in [1.807, 2.05) is 18.2 Å². The highest BCUT2D eigenvalue weighted by Gasteiger charge is 2.29. The van der Waals surface area contributed by atoms with Crippen LogP contribution in [0.1, 0.15) is 11.5 Å². The molecule has 2 rings (SSSR count). The lowest BCUT2D eigenvalue weighted by molar-refractivity contribution is -0.140. The highest BCUT2D eigenvalue weighted by molar-refractivity contribution is 8.05. The van der Waals surface area contributed by atoms with Gasteiger partial charge in [0.05, 0.1) is 7.11 Å². The number of esters is 1. The number of hydrogen-bond acceptors (Lipinski definition) is 4. The summed E-state index contributed by atoms with van der Waals surface area (Å²) in [5.74, 6) is 1.97. The normalized spacial score (nSPS) is 25.8. The molecule has 0 aromatic heterocycles. The van der Waals surface area contributed by atoms with E-state index >= 15 is 0 Å². The number of methoxy groups -OCH3 is 1. The van der Waals surface area contributed by atoms with Crippen molar-refractivity contribution in [1.82, 2.24) is 0 Å². The van der Waals surface area contributed by atoms with Crippen LogP contribution in [0.15, 0.2) is 41.8 Å². The number of hydrogen-bond donors (Lipinski definition) is 0. The topological polar surface area (TPSA) is 26.3 Å². The van der Waals surface area contributed by atoms with Gasteiger partial charge in [0.15, 0.2) is 0 Å². The van der Waals surface area contributed by atoms with Gasteiger partial charge >= 0.3 is 5.97 Å². The van der Waals surface area contributed by atoms with E-state index in [0.717, 1.165) is 11.5 Å². The number of allylic oxidation sites excluding steroid dienone is 1. The van der Waals surface area contributed by atoms with E-state index in [9.17, 15) is 4.79 Å². The van der Waals surface area contributed by atoms with E-state index in [1.165, 1.54) is 12.7 Å². The lowest BCUT2D eigenvalue weighted by Crippen LogP contribution is -2.26. The Balaban J connectivity index is 2.30. The third-order valence-electron chi connectivity index (χ3n) is 2.82. The fourth-order valence-electron chi connectivity index (χ4n) is 1.93. The second-order valence-corrected chi connectivity index (χ2v) is 6.21. The van der Waals surface area contributed by atoms with E-state index in [1.54, 1.807) is 23.5 Å². The van der Waals surface area contributed by atoms with Gasteiger partial charge in [-0.3, -0.25) is 4.79 Å². The molecule has 4 heteroatoms. The van der Waals surface area contributed by atoms with Gasteiger partial charge in [-0.2, -0.15) is 0 Å². The molecule has 18 heavy (non-hydrogen) atoms.